The third kappa shape index (κ3) is 3.70. The predicted octanol–water partition coefficient (Wildman–Crippen LogP) is 3.17. The van der Waals surface area contributed by atoms with Crippen LogP contribution in [0.25, 0.3) is 0 Å². The number of carbonyl (C=O) groups is 1. The molecular weight excluding hydrogens is 276 g/mol. The highest BCUT2D eigenvalue weighted by molar-refractivity contribution is 5.92. The lowest BCUT2D eigenvalue weighted by Gasteiger charge is -2.16. The minimum absolute atomic E-state index is 0.0472. The van der Waals surface area contributed by atoms with Gasteiger partial charge in [-0.1, -0.05) is 26.7 Å². The molecule has 1 aromatic rings. The number of nitrogens with one attached hydrogen (secondary N) is 2. The van der Waals surface area contributed by atoms with Crippen molar-refractivity contribution in [1.82, 2.24) is 9.88 Å². The molecule has 118 valence electrons. The first-order valence-corrected chi connectivity index (χ1v) is 8.06. The van der Waals surface area contributed by atoms with E-state index in [1.165, 1.54) is 12.8 Å². The van der Waals surface area contributed by atoms with E-state index in [0.717, 1.165) is 42.8 Å². The van der Waals surface area contributed by atoms with E-state index in [1.807, 2.05) is 11.1 Å². The molecule has 5 heteroatoms. The number of unbranched alkanes of at least 4 members (excludes halogenated alkanes) is 2. The number of anilines is 1. The maximum Gasteiger partial charge on any atom is 0.248 e. The van der Waals surface area contributed by atoms with Crippen molar-refractivity contribution in [3.8, 4) is 6.07 Å². The Balaban J connectivity index is 2.09. The second-order valence-electron chi connectivity index (χ2n) is 5.69. The number of aromatic amines is 1. The molecule has 0 aromatic carbocycles. The molecule has 2 rings (SSSR count). The quantitative estimate of drug-likeness (QED) is 0.724. The van der Waals surface area contributed by atoms with Gasteiger partial charge in [-0.15, -0.1) is 0 Å². The van der Waals surface area contributed by atoms with Crippen LogP contribution in [0.1, 0.15) is 50.8 Å². The first kappa shape index (κ1) is 16.2. The van der Waals surface area contributed by atoms with Gasteiger partial charge in [-0.3, -0.25) is 4.79 Å². The maximum atomic E-state index is 11.9. The van der Waals surface area contributed by atoms with E-state index in [-0.39, 0.29) is 5.91 Å². The number of nitriles is 1. The molecule has 0 radical (unpaired) electrons. The summed E-state index contributed by atoms with van der Waals surface area (Å²) in [5.74, 6) is 0.0472. The summed E-state index contributed by atoms with van der Waals surface area (Å²) in [6.07, 6.45) is 8.88. The minimum atomic E-state index is 0.0472. The fourth-order valence-electron chi connectivity index (χ4n) is 2.72. The highest BCUT2D eigenvalue weighted by Gasteiger charge is 2.22. The summed E-state index contributed by atoms with van der Waals surface area (Å²) in [6, 6.07) is 2.18. The number of rotatable bonds is 8. The van der Waals surface area contributed by atoms with Gasteiger partial charge in [-0.25, -0.2) is 0 Å². The number of hydrogen-bond acceptors (Lipinski definition) is 3. The molecule has 0 saturated heterocycles. The van der Waals surface area contributed by atoms with E-state index in [1.54, 1.807) is 6.08 Å². The Morgan fingerprint density at radius 3 is 2.86 bits per heavy atom. The van der Waals surface area contributed by atoms with Gasteiger partial charge >= 0.3 is 0 Å². The van der Waals surface area contributed by atoms with Gasteiger partial charge in [-0.05, 0) is 24.8 Å². The minimum Gasteiger partial charge on any atom is -0.355 e. The number of carbonyl (C=O) groups excluding carboxylic acids is 1. The largest absolute Gasteiger partial charge is 0.355 e. The van der Waals surface area contributed by atoms with Gasteiger partial charge in [-0.2, -0.15) is 5.26 Å². The Morgan fingerprint density at radius 2 is 2.18 bits per heavy atom. The molecule has 1 aliphatic rings. The van der Waals surface area contributed by atoms with Crippen molar-refractivity contribution in [2.45, 2.75) is 46.0 Å². The van der Waals surface area contributed by atoms with Crippen LogP contribution in [0.3, 0.4) is 0 Å². The van der Waals surface area contributed by atoms with Gasteiger partial charge in [0.05, 0.1) is 12.2 Å². The highest BCUT2D eigenvalue weighted by Crippen LogP contribution is 2.25. The van der Waals surface area contributed by atoms with Crippen LogP contribution in [0.4, 0.5) is 5.69 Å². The molecule has 1 aromatic heterocycles. The third-order valence-electron chi connectivity index (χ3n) is 3.87. The molecule has 0 unspecified atom stereocenters. The van der Waals surface area contributed by atoms with Crippen LogP contribution >= 0.6 is 0 Å². The summed E-state index contributed by atoms with van der Waals surface area (Å²) >= 11 is 0. The number of aromatic nitrogens is 1. The molecule has 22 heavy (non-hydrogen) atoms. The first-order valence-electron chi connectivity index (χ1n) is 8.06. The van der Waals surface area contributed by atoms with E-state index in [0.29, 0.717) is 12.2 Å². The monoisotopic (exact) mass is 300 g/mol. The molecular formula is C17H24N4O. The van der Waals surface area contributed by atoms with Gasteiger partial charge in [0.25, 0.3) is 0 Å². The topological polar surface area (TPSA) is 71.9 Å². The molecule has 0 aliphatic carbocycles. The zero-order chi connectivity index (χ0) is 15.9. The Morgan fingerprint density at radius 1 is 1.36 bits per heavy atom. The van der Waals surface area contributed by atoms with Crippen molar-refractivity contribution in [3.05, 3.63) is 29.2 Å². The summed E-state index contributed by atoms with van der Waals surface area (Å²) in [5.41, 5.74) is 3.35. The maximum absolute atomic E-state index is 11.9. The lowest BCUT2D eigenvalue weighted by molar-refractivity contribution is -0.124. The molecule has 1 aliphatic heterocycles. The van der Waals surface area contributed by atoms with Gasteiger partial charge in [0.1, 0.15) is 11.8 Å². The van der Waals surface area contributed by atoms with Crippen molar-refractivity contribution in [1.29, 1.82) is 5.26 Å². The first-order chi connectivity index (χ1) is 10.7. The Hall–Kier alpha value is -2.22. The number of H-pyrrole nitrogens is 1. The van der Waals surface area contributed by atoms with Crippen molar-refractivity contribution in [2.24, 2.45) is 0 Å². The van der Waals surface area contributed by atoms with Crippen LogP contribution in [0.2, 0.25) is 0 Å². The zero-order valence-electron chi connectivity index (χ0n) is 13.4. The molecule has 0 bridgehead atoms. The van der Waals surface area contributed by atoms with E-state index in [4.69, 9.17) is 0 Å². The molecule has 5 nitrogen and oxygen atoms in total. The second kappa shape index (κ2) is 7.69. The van der Waals surface area contributed by atoms with Crippen molar-refractivity contribution in [3.63, 3.8) is 0 Å². The average molecular weight is 300 g/mol. The number of hydrogen-bond donors (Lipinski definition) is 2. The van der Waals surface area contributed by atoms with E-state index < -0.39 is 0 Å². The van der Waals surface area contributed by atoms with Crippen LogP contribution in [0.5, 0.6) is 0 Å². The molecule has 0 atom stereocenters. The van der Waals surface area contributed by atoms with Crippen LogP contribution < -0.4 is 5.32 Å². The Bertz CT molecular complexity index is 594. The van der Waals surface area contributed by atoms with Crippen LogP contribution in [-0.4, -0.2) is 28.9 Å². The van der Waals surface area contributed by atoms with Crippen molar-refractivity contribution in [2.75, 3.05) is 18.4 Å². The zero-order valence-corrected chi connectivity index (χ0v) is 13.4. The molecule has 2 N–H and O–H groups in total. The third-order valence-corrected chi connectivity index (χ3v) is 3.87. The van der Waals surface area contributed by atoms with E-state index in [9.17, 15) is 10.1 Å². The molecule has 2 heterocycles. The summed E-state index contributed by atoms with van der Waals surface area (Å²) in [5, 5.41) is 12.5. The molecule has 1 amide bonds. The fourth-order valence-corrected chi connectivity index (χ4v) is 2.72. The SMILES string of the molecule is CCCCCc1c[nH]c(C#N)c1NC1=CC(=O)N(CCC)C1. The second-order valence-corrected chi connectivity index (χ2v) is 5.69. The van der Waals surface area contributed by atoms with Crippen molar-refractivity contribution >= 4 is 11.6 Å². The smallest absolute Gasteiger partial charge is 0.248 e. The molecule has 0 spiro atoms. The standard InChI is InChI=1S/C17H24N4O/c1-3-5-6-7-13-11-19-15(10-18)17(13)20-14-9-16(22)21(12-14)8-4-2/h9,11,19-20H,3-8,12H2,1-2H3. The van der Waals surface area contributed by atoms with Crippen LogP contribution in [0.15, 0.2) is 18.0 Å². The summed E-state index contributed by atoms with van der Waals surface area (Å²) in [6.45, 7) is 5.60. The highest BCUT2D eigenvalue weighted by atomic mass is 16.2. The summed E-state index contributed by atoms with van der Waals surface area (Å²) in [4.78, 5) is 16.7. The summed E-state index contributed by atoms with van der Waals surface area (Å²) in [7, 11) is 0. The van der Waals surface area contributed by atoms with Crippen LogP contribution in [-0.2, 0) is 11.2 Å². The Kier molecular flexibility index (Phi) is 5.65. The normalized spacial score (nSPS) is 14.1. The summed E-state index contributed by atoms with van der Waals surface area (Å²) < 4.78 is 0. The van der Waals surface area contributed by atoms with Gasteiger partial charge < -0.3 is 15.2 Å². The van der Waals surface area contributed by atoms with Gasteiger partial charge in [0.15, 0.2) is 0 Å². The van der Waals surface area contributed by atoms with Gasteiger partial charge in [0.2, 0.25) is 5.91 Å². The van der Waals surface area contributed by atoms with E-state index >= 15 is 0 Å². The van der Waals surface area contributed by atoms with E-state index in [2.05, 4.69) is 30.2 Å². The fraction of sp³-hybridized carbons (Fsp3) is 0.529. The Labute approximate surface area is 132 Å². The van der Waals surface area contributed by atoms with Gasteiger partial charge in [0, 0.05) is 24.5 Å². The number of nitrogens with zero attached hydrogens (tertiary/aromatic N) is 2. The molecule has 0 fully saturated rings. The van der Waals surface area contributed by atoms with Crippen molar-refractivity contribution < 1.29 is 4.79 Å². The average Bonchev–Trinajstić information content (AvgIpc) is 3.04. The molecule has 0 saturated carbocycles. The van der Waals surface area contributed by atoms with Crippen LogP contribution in [0, 0.1) is 11.3 Å². The lowest BCUT2D eigenvalue weighted by Crippen LogP contribution is -2.27. The predicted molar refractivity (Wildman–Crippen MR) is 87.3 cm³/mol. The number of amides is 1. The number of aryl methyl sites for hydroxylation is 1. The lowest BCUT2D eigenvalue weighted by atomic mass is 10.1.